The van der Waals surface area contributed by atoms with Crippen LogP contribution in [0, 0.1) is 0 Å². The van der Waals surface area contributed by atoms with Crippen molar-refractivity contribution >= 4 is 57.1 Å². The van der Waals surface area contributed by atoms with E-state index in [-0.39, 0.29) is 5.57 Å². The fourth-order valence-corrected chi connectivity index (χ4v) is 4.13. The minimum Gasteiger partial charge on any atom is -0.490 e. The number of carbonyl (C=O) groups excluding carboxylic acids is 3. The van der Waals surface area contributed by atoms with Gasteiger partial charge in [-0.05, 0) is 77.3 Å². The summed E-state index contributed by atoms with van der Waals surface area (Å²) in [7, 11) is 0. The van der Waals surface area contributed by atoms with Crippen molar-refractivity contribution in [2.45, 2.75) is 39.5 Å². The van der Waals surface area contributed by atoms with Crippen LogP contribution in [0.3, 0.4) is 0 Å². The maximum absolute atomic E-state index is 13.1. The third kappa shape index (κ3) is 6.18. The van der Waals surface area contributed by atoms with Crippen LogP contribution in [0.25, 0.3) is 6.08 Å². The molecule has 34 heavy (non-hydrogen) atoms. The van der Waals surface area contributed by atoms with E-state index in [9.17, 15) is 14.4 Å². The number of rotatable bonds is 10. The maximum Gasteiger partial charge on any atom is 0.335 e. The minimum atomic E-state index is -0.822. The zero-order chi connectivity index (χ0) is 24.7. The van der Waals surface area contributed by atoms with E-state index in [1.54, 1.807) is 24.3 Å². The third-order valence-corrected chi connectivity index (χ3v) is 5.91. The Kier molecular flexibility index (Phi) is 9.12. The number of barbiturate groups is 1. The molecule has 1 N–H and O–H groups in total. The third-order valence-electron chi connectivity index (χ3n) is 5.07. The number of hydrogen-bond donors (Lipinski definition) is 1. The monoisotopic (exact) mass is 548 g/mol. The average molecular weight is 550 g/mol. The molecule has 0 unspecified atom stereocenters. The average Bonchev–Trinajstić information content (AvgIpc) is 2.79. The number of amides is 4. The Morgan fingerprint density at radius 1 is 1.03 bits per heavy atom. The van der Waals surface area contributed by atoms with Crippen molar-refractivity contribution in [1.82, 2.24) is 5.32 Å². The zero-order valence-corrected chi connectivity index (χ0v) is 21.4. The second-order valence-electron chi connectivity index (χ2n) is 7.61. The first-order valence-corrected chi connectivity index (χ1v) is 12.3. The summed E-state index contributed by atoms with van der Waals surface area (Å²) in [4.78, 5) is 38.9. The first-order valence-electron chi connectivity index (χ1n) is 11.1. The summed E-state index contributed by atoms with van der Waals surface area (Å²) in [6, 6.07) is 8.80. The summed E-state index contributed by atoms with van der Waals surface area (Å²) >= 11 is 9.42. The fourth-order valence-electron chi connectivity index (χ4n) is 3.43. The van der Waals surface area contributed by atoms with Crippen molar-refractivity contribution < 1.29 is 23.9 Å². The Morgan fingerprint density at radius 3 is 2.44 bits per heavy atom. The molecule has 2 aromatic rings. The highest BCUT2D eigenvalue weighted by atomic mass is 79.9. The molecule has 1 aliphatic rings. The van der Waals surface area contributed by atoms with E-state index in [0.717, 1.165) is 30.6 Å². The lowest BCUT2D eigenvalue weighted by atomic mass is 10.1. The van der Waals surface area contributed by atoms with Gasteiger partial charge in [-0.25, -0.2) is 9.69 Å². The molecule has 180 valence electrons. The molecular formula is C25H26BrClN2O5. The Labute approximate surface area is 212 Å². The van der Waals surface area contributed by atoms with Gasteiger partial charge in [0, 0.05) is 5.02 Å². The van der Waals surface area contributed by atoms with Crippen LogP contribution in [0.4, 0.5) is 10.5 Å². The summed E-state index contributed by atoms with van der Waals surface area (Å²) in [5, 5.41) is 2.67. The molecule has 1 aliphatic heterocycles. The lowest BCUT2D eigenvalue weighted by Gasteiger charge is -2.26. The Morgan fingerprint density at radius 2 is 1.76 bits per heavy atom. The van der Waals surface area contributed by atoms with Crippen molar-refractivity contribution in [2.24, 2.45) is 0 Å². The van der Waals surface area contributed by atoms with Crippen molar-refractivity contribution in [3.63, 3.8) is 0 Å². The van der Waals surface area contributed by atoms with Gasteiger partial charge in [0.2, 0.25) is 0 Å². The number of nitrogens with zero attached hydrogens (tertiary/aromatic N) is 1. The van der Waals surface area contributed by atoms with Crippen molar-refractivity contribution in [3.8, 4) is 11.5 Å². The van der Waals surface area contributed by atoms with E-state index in [1.807, 2.05) is 6.92 Å². The molecule has 9 heteroatoms. The standard InChI is InChI=1S/C25H26BrClN2O5/c1-3-5-6-7-12-34-22-20(26)14-16(15-21(22)33-4-2)13-19-23(30)28-25(32)29(24(19)31)18-10-8-17(27)9-11-18/h8-11,13-15H,3-7,12H2,1-2H3,(H,28,30,32)/b19-13-. The molecule has 1 heterocycles. The largest absolute Gasteiger partial charge is 0.490 e. The molecular weight excluding hydrogens is 524 g/mol. The zero-order valence-electron chi connectivity index (χ0n) is 19.0. The number of ether oxygens (including phenoxy) is 2. The second kappa shape index (κ2) is 12.0. The van der Waals surface area contributed by atoms with Crippen LogP contribution in [0.1, 0.15) is 45.1 Å². The summed E-state index contributed by atoms with van der Waals surface area (Å²) in [6.45, 7) is 4.98. The number of halogens is 2. The molecule has 1 fully saturated rings. The summed E-state index contributed by atoms with van der Waals surface area (Å²) in [5.41, 5.74) is 0.656. The number of anilines is 1. The van der Waals surface area contributed by atoms with Crippen LogP contribution < -0.4 is 19.7 Å². The SMILES string of the molecule is CCCCCCOc1c(Br)cc(/C=C2/C(=O)NC(=O)N(c3ccc(Cl)cc3)C2=O)cc1OCC. The van der Waals surface area contributed by atoms with E-state index in [2.05, 4.69) is 28.2 Å². The number of imide groups is 2. The van der Waals surface area contributed by atoms with Crippen molar-refractivity contribution in [2.75, 3.05) is 18.1 Å². The molecule has 7 nitrogen and oxygen atoms in total. The highest BCUT2D eigenvalue weighted by molar-refractivity contribution is 9.10. The van der Waals surface area contributed by atoms with E-state index >= 15 is 0 Å². The molecule has 0 radical (unpaired) electrons. The molecule has 0 atom stereocenters. The molecule has 3 rings (SSSR count). The van der Waals surface area contributed by atoms with Crippen LogP contribution in [0.5, 0.6) is 11.5 Å². The summed E-state index contributed by atoms with van der Waals surface area (Å²) in [5.74, 6) is -0.446. The minimum absolute atomic E-state index is 0.183. The normalized spacial score (nSPS) is 15.0. The molecule has 1 saturated heterocycles. The quantitative estimate of drug-likeness (QED) is 0.219. The number of benzene rings is 2. The molecule has 2 aromatic carbocycles. The molecule has 0 saturated carbocycles. The van der Waals surface area contributed by atoms with Gasteiger partial charge in [-0.1, -0.05) is 37.8 Å². The highest BCUT2D eigenvalue weighted by Gasteiger charge is 2.36. The van der Waals surface area contributed by atoms with Gasteiger partial charge in [0.25, 0.3) is 11.8 Å². The van der Waals surface area contributed by atoms with Crippen molar-refractivity contribution in [3.05, 3.63) is 57.0 Å². The molecule has 0 spiro atoms. The van der Waals surface area contributed by atoms with Gasteiger partial charge in [-0.2, -0.15) is 0 Å². The van der Waals surface area contributed by atoms with E-state index < -0.39 is 17.8 Å². The Bertz CT molecular complexity index is 1100. The van der Waals surface area contributed by atoms with Crippen molar-refractivity contribution in [1.29, 1.82) is 0 Å². The van der Waals surface area contributed by atoms with Crippen LogP contribution >= 0.6 is 27.5 Å². The van der Waals surface area contributed by atoms with Crippen LogP contribution in [-0.4, -0.2) is 31.1 Å². The number of nitrogens with one attached hydrogen (secondary N) is 1. The van der Waals surface area contributed by atoms with Gasteiger partial charge >= 0.3 is 6.03 Å². The maximum atomic E-state index is 13.1. The Balaban J connectivity index is 1.90. The fraction of sp³-hybridized carbons (Fsp3) is 0.320. The van der Waals surface area contributed by atoms with Crippen LogP contribution in [0.15, 0.2) is 46.4 Å². The van der Waals surface area contributed by atoms with Gasteiger partial charge in [-0.3, -0.25) is 14.9 Å². The van der Waals surface area contributed by atoms with E-state index in [1.165, 1.54) is 18.2 Å². The predicted octanol–water partition coefficient (Wildman–Crippen LogP) is 6.13. The van der Waals surface area contributed by atoms with E-state index in [4.69, 9.17) is 21.1 Å². The highest BCUT2D eigenvalue weighted by Crippen LogP contribution is 2.38. The molecule has 0 bridgehead atoms. The first kappa shape index (κ1) is 25.8. The Hall–Kier alpha value is -2.84. The number of urea groups is 1. The lowest BCUT2D eigenvalue weighted by molar-refractivity contribution is -0.122. The lowest BCUT2D eigenvalue weighted by Crippen LogP contribution is -2.54. The number of unbranched alkanes of at least 4 members (excludes halogenated alkanes) is 3. The van der Waals surface area contributed by atoms with Gasteiger partial charge < -0.3 is 9.47 Å². The van der Waals surface area contributed by atoms with Gasteiger partial charge in [-0.15, -0.1) is 0 Å². The molecule has 0 aliphatic carbocycles. The van der Waals surface area contributed by atoms with Gasteiger partial charge in [0.05, 0.1) is 23.4 Å². The second-order valence-corrected chi connectivity index (χ2v) is 8.90. The first-order chi connectivity index (χ1) is 16.3. The topological polar surface area (TPSA) is 84.9 Å². The van der Waals surface area contributed by atoms with E-state index in [0.29, 0.717) is 45.5 Å². The smallest absolute Gasteiger partial charge is 0.335 e. The van der Waals surface area contributed by atoms with Crippen LogP contribution in [-0.2, 0) is 9.59 Å². The molecule has 0 aromatic heterocycles. The van der Waals surface area contributed by atoms with Gasteiger partial charge in [0.1, 0.15) is 5.57 Å². The number of hydrogen-bond acceptors (Lipinski definition) is 5. The predicted molar refractivity (Wildman–Crippen MR) is 135 cm³/mol. The number of carbonyl (C=O) groups is 3. The van der Waals surface area contributed by atoms with Gasteiger partial charge in [0.15, 0.2) is 11.5 Å². The van der Waals surface area contributed by atoms with Crippen LogP contribution in [0.2, 0.25) is 5.02 Å². The molecule has 4 amide bonds. The summed E-state index contributed by atoms with van der Waals surface area (Å²) in [6.07, 6.45) is 5.74. The summed E-state index contributed by atoms with van der Waals surface area (Å²) < 4.78 is 12.3.